The van der Waals surface area contributed by atoms with Crippen LogP contribution in [0, 0.1) is 11.8 Å². The molecule has 0 amide bonds. The van der Waals surface area contributed by atoms with Gasteiger partial charge >= 0.3 is 0 Å². The van der Waals surface area contributed by atoms with Crippen molar-refractivity contribution in [1.82, 2.24) is 10.6 Å². The second kappa shape index (κ2) is 14.5. The summed E-state index contributed by atoms with van der Waals surface area (Å²) in [5.41, 5.74) is 0. The van der Waals surface area contributed by atoms with Gasteiger partial charge in [-0.1, -0.05) is 21.6 Å². The zero-order valence-corrected chi connectivity index (χ0v) is 19.3. The summed E-state index contributed by atoms with van der Waals surface area (Å²) in [6.45, 7) is 3.83. The number of hydrogen-bond acceptors (Lipinski definition) is 9. The number of nitrogens with one attached hydrogen (secondary N) is 2. The quantitative estimate of drug-likeness (QED) is 0.291. The van der Waals surface area contributed by atoms with Gasteiger partial charge in [-0.25, -0.2) is 0 Å². The molecule has 5 atom stereocenters. The molecular weight excluding hydrogens is 412 g/mol. The van der Waals surface area contributed by atoms with Gasteiger partial charge in [-0.2, -0.15) is 0 Å². The summed E-state index contributed by atoms with van der Waals surface area (Å²) in [5, 5.41) is 25.0. The molecule has 1 saturated heterocycles. The van der Waals surface area contributed by atoms with Gasteiger partial charge in [-0.15, -0.1) is 0 Å². The summed E-state index contributed by atoms with van der Waals surface area (Å²) >= 11 is 0. The fraction of sp³-hybridized carbons (Fsp3) is 0.850. The molecule has 7 nitrogen and oxygen atoms in total. The highest BCUT2D eigenvalue weighted by Crippen LogP contribution is 2.39. The van der Waals surface area contributed by atoms with E-state index in [4.69, 9.17) is 0 Å². The second-order valence-electron chi connectivity index (χ2n) is 7.73. The standard InChI is InChI=1S/C20H36N2O5S2/c1-13(24)16(12-23)10-19-20(27)15(7-9-28-29-19)4-5-17(26)11-22-18(14(2)25)6-8-21-3/h13,15-16,18-19,21-24H,4-12H2,1-3H3/t13-,15-,16-,18+,19?/m1/s1. The van der Waals surface area contributed by atoms with Gasteiger partial charge in [0.2, 0.25) is 0 Å². The molecule has 0 saturated carbocycles. The Bertz CT molecular complexity index is 533. The number of aliphatic hydroxyl groups is 2. The molecule has 0 aromatic rings. The monoisotopic (exact) mass is 448 g/mol. The topological polar surface area (TPSA) is 116 Å². The van der Waals surface area contributed by atoms with Crippen LogP contribution in [0.3, 0.4) is 0 Å². The van der Waals surface area contributed by atoms with E-state index in [0.717, 1.165) is 12.2 Å². The Morgan fingerprint density at radius 3 is 2.66 bits per heavy atom. The van der Waals surface area contributed by atoms with Crippen molar-refractivity contribution in [1.29, 1.82) is 0 Å². The fourth-order valence-electron chi connectivity index (χ4n) is 3.31. The molecule has 9 heteroatoms. The van der Waals surface area contributed by atoms with E-state index < -0.39 is 6.10 Å². The van der Waals surface area contributed by atoms with Crippen molar-refractivity contribution in [3.63, 3.8) is 0 Å². The molecule has 1 rings (SSSR count). The van der Waals surface area contributed by atoms with Crippen LogP contribution in [-0.4, -0.2) is 77.5 Å². The molecule has 168 valence electrons. The Labute approximate surface area is 181 Å². The lowest BCUT2D eigenvalue weighted by Gasteiger charge is -2.23. The molecule has 0 radical (unpaired) electrons. The van der Waals surface area contributed by atoms with Crippen LogP contribution in [0.4, 0.5) is 0 Å². The van der Waals surface area contributed by atoms with Gasteiger partial charge in [0, 0.05) is 30.6 Å². The molecule has 1 aliphatic heterocycles. The van der Waals surface area contributed by atoms with Gasteiger partial charge in [0.05, 0.1) is 23.9 Å². The van der Waals surface area contributed by atoms with Crippen molar-refractivity contribution in [2.45, 2.75) is 63.3 Å². The molecule has 0 aromatic heterocycles. The Morgan fingerprint density at radius 2 is 2.07 bits per heavy atom. The molecular formula is C20H36N2O5S2. The van der Waals surface area contributed by atoms with Gasteiger partial charge in [-0.05, 0) is 53.1 Å². The first kappa shape index (κ1) is 26.6. The van der Waals surface area contributed by atoms with E-state index >= 15 is 0 Å². The molecule has 1 heterocycles. The van der Waals surface area contributed by atoms with Crippen LogP contribution in [0.5, 0.6) is 0 Å². The summed E-state index contributed by atoms with van der Waals surface area (Å²) < 4.78 is 0. The SMILES string of the molecule is CNCC[C@H](NCC(=O)CC[C@@H]1CCSSC(C[C@H](CO)[C@@H](C)O)C1=O)C(C)=O. The maximum absolute atomic E-state index is 12.9. The predicted octanol–water partition coefficient (Wildman–Crippen LogP) is 1.21. The Morgan fingerprint density at radius 1 is 1.34 bits per heavy atom. The predicted molar refractivity (Wildman–Crippen MR) is 119 cm³/mol. The van der Waals surface area contributed by atoms with Crippen molar-refractivity contribution < 1.29 is 24.6 Å². The van der Waals surface area contributed by atoms with Gasteiger partial charge < -0.3 is 20.8 Å². The zero-order valence-electron chi connectivity index (χ0n) is 17.7. The van der Waals surface area contributed by atoms with Crippen LogP contribution in [0.15, 0.2) is 0 Å². The third kappa shape index (κ3) is 9.93. The largest absolute Gasteiger partial charge is 0.396 e. The minimum Gasteiger partial charge on any atom is -0.396 e. The van der Waals surface area contributed by atoms with E-state index in [0.29, 0.717) is 32.2 Å². The lowest BCUT2D eigenvalue weighted by atomic mass is 9.88. The van der Waals surface area contributed by atoms with Gasteiger partial charge in [0.1, 0.15) is 17.3 Å². The summed E-state index contributed by atoms with van der Waals surface area (Å²) in [6.07, 6.45) is 1.97. The number of hydrogen-bond donors (Lipinski definition) is 4. The first-order chi connectivity index (χ1) is 13.8. The first-order valence-corrected chi connectivity index (χ1v) is 12.7. The van der Waals surface area contributed by atoms with Crippen LogP contribution < -0.4 is 10.6 Å². The summed E-state index contributed by atoms with van der Waals surface area (Å²) in [7, 11) is 4.99. The average Bonchev–Trinajstić information content (AvgIpc) is 2.85. The van der Waals surface area contributed by atoms with Crippen molar-refractivity contribution in [2.75, 3.05) is 32.5 Å². The molecule has 1 aliphatic rings. The molecule has 1 fully saturated rings. The highest BCUT2D eigenvalue weighted by atomic mass is 33.1. The van der Waals surface area contributed by atoms with Crippen LogP contribution in [0.1, 0.15) is 46.0 Å². The zero-order chi connectivity index (χ0) is 21.8. The number of rotatable bonds is 14. The summed E-state index contributed by atoms with van der Waals surface area (Å²) in [5.74, 6) is 0.497. The van der Waals surface area contributed by atoms with E-state index in [2.05, 4.69) is 10.6 Å². The van der Waals surface area contributed by atoms with Crippen LogP contribution >= 0.6 is 21.6 Å². The van der Waals surface area contributed by atoms with E-state index in [1.54, 1.807) is 17.7 Å². The molecule has 0 aromatic carbocycles. The Balaban J connectivity index is 2.52. The third-order valence-electron chi connectivity index (χ3n) is 5.38. The Kier molecular flexibility index (Phi) is 13.3. The number of ketones is 3. The number of carbonyl (C=O) groups is 3. The van der Waals surface area contributed by atoms with Crippen LogP contribution in [0.2, 0.25) is 0 Å². The number of Topliss-reactive ketones (excluding diaryl/α,β-unsaturated/α-hetero) is 3. The lowest BCUT2D eigenvalue weighted by Crippen LogP contribution is -2.40. The summed E-state index contributed by atoms with van der Waals surface area (Å²) in [4.78, 5) is 36.9. The van der Waals surface area contributed by atoms with Gasteiger partial charge in [0.15, 0.2) is 0 Å². The second-order valence-corrected chi connectivity index (χ2v) is 10.4. The lowest BCUT2D eigenvalue weighted by molar-refractivity contribution is -0.123. The summed E-state index contributed by atoms with van der Waals surface area (Å²) in [6, 6.07) is -0.334. The first-order valence-electron chi connectivity index (χ1n) is 10.3. The highest BCUT2D eigenvalue weighted by molar-refractivity contribution is 8.77. The fourth-order valence-corrected chi connectivity index (χ4v) is 6.16. The van der Waals surface area contributed by atoms with E-state index in [9.17, 15) is 24.6 Å². The Hall–Kier alpha value is -0.450. The van der Waals surface area contributed by atoms with Crippen molar-refractivity contribution in [2.24, 2.45) is 11.8 Å². The highest BCUT2D eigenvalue weighted by Gasteiger charge is 2.33. The minimum atomic E-state index is -0.662. The van der Waals surface area contributed by atoms with Crippen LogP contribution in [-0.2, 0) is 14.4 Å². The maximum atomic E-state index is 12.9. The normalized spacial score (nSPS) is 23.3. The van der Waals surface area contributed by atoms with E-state index in [1.165, 1.54) is 17.7 Å². The number of aliphatic hydroxyl groups excluding tert-OH is 2. The van der Waals surface area contributed by atoms with Crippen molar-refractivity contribution in [3.8, 4) is 0 Å². The van der Waals surface area contributed by atoms with Crippen molar-refractivity contribution in [3.05, 3.63) is 0 Å². The molecule has 0 aliphatic carbocycles. The minimum absolute atomic E-state index is 0.00632. The van der Waals surface area contributed by atoms with E-state index in [1.807, 2.05) is 7.05 Å². The molecule has 29 heavy (non-hydrogen) atoms. The molecule has 1 unspecified atom stereocenters. The average molecular weight is 449 g/mol. The van der Waals surface area contributed by atoms with Gasteiger partial charge in [0.25, 0.3) is 0 Å². The van der Waals surface area contributed by atoms with Crippen molar-refractivity contribution >= 4 is 38.9 Å². The molecule has 0 spiro atoms. The van der Waals surface area contributed by atoms with Crippen LogP contribution in [0.25, 0.3) is 0 Å². The molecule has 4 N–H and O–H groups in total. The smallest absolute Gasteiger partial charge is 0.149 e. The number of carbonyl (C=O) groups excluding carboxylic acids is 3. The van der Waals surface area contributed by atoms with E-state index in [-0.39, 0.29) is 53.6 Å². The molecule has 0 bridgehead atoms. The third-order valence-corrected chi connectivity index (χ3v) is 8.18. The van der Waals surface area contributed by atoms with Gasteiger partial charge in [-0.3, -0.25) is 14.4 Å². The maximum Gasteiger partial charge on any atom is 0.149 e.